The van der Waals surface area contributed by atoms with Crippen LogP contribution in [0.3, 0.4) is 0 Å². The maximum Gasteiger partial charge on any atom is 0.350 e. The van der Waals surface area contributed by atoms with Gasteiger partial charge < -0.3 is 19.5 Å². The largest absolute Gasteiger partial charge is 0.496 e. The average molecular weight is 353 g/mol. The zero-order valence-corrected chi connectivity index (χ0v) is 14.7. The van der Waals surface area contributed by atoms with Gasteiger partial charge in [0.15, 0.2) is 5.57 Å². The van der Waals surface area contributed by atoms with E-state index in [0.29, 0.717) is 11.4 Å². The van der Waals surface area contributed by atoms with Crippen LogP contribution in [0.1, 0.15) is 13.8 Å². The van der Waals surface area contributed by atoms with Gasteiger partial charge >= 0.3 is 11.9 Å². The summed E-state index contributed by atoms with van der Waals surface area (Å²) in [5.74, 6) is -2.00. The third-order valence-corrected chi connectivity index (χ3v) is 3.78. The van der Waals surface area contributed by atoms with Crippen LogP contribution in [0, 0.1) is 0 Å². The summed E-state index contributed by atoms with van der Waals surface area (Å²) in [4.78, 5) is 24.0. The lowest BCUT2D eigenvalue weighted by Crippen LogP contribution is -2.42. The molecule has 0 amide bonds. The molecule has 1 fully saturated rings. The highest BCUT2D eigenvalue weighted by Gasteiger charge is 2.38. The predicted octanol–water partition coefficient (Wildman–Crippen LogP) is 3.49. The highest BCUT2D eigenvalue weighted by atomic mass is 16.7. The first-order chi connectivity index (χ1) is 12.4. The van der Waals surface area contributed by atoms with Gasteiger partial charge in [0.05, 0.1) is 7.11 Å². The maximum atomic E-state index is 12.0. The lowest BCUT2D eigenvalue weighted by molar-refractivity contribution is -0.222. The van der Waals surface area contributed by atoms with Gasteiger partial charge in [-0.05, 0) is 23.8 Å². The molecule has 1 aliphatic heterocycles. The number of hydrogen-bond donors (Lipinski definition) is 1. The topological polar surface area (TPSA) is 73.9 Å². The molecule has 134 valence electrons. The van der Waals surface area contributed by atoms with Crippen molar-refractivity contribution in [2.45, 2.75) is 19.6 Å². The number of ether oxygens (including phenoxy) is 3. The van der Waals surface area contributed by atoms with Crippen LogP contribution in [-0.2, 0) is 19.1 Å². The number of carbonyl (C=O) groups excluding carboxylic acids is 2. The van der Waals surface area contributed by atoms with E-state index >= 15 is 0 Å². The minimum absolute atomic E-state index is 0.193. The van der Waals surface area contributed by atoms with Crippen molar-refractivity contribution in [3.63, 3.8) is 0 Å². The fourth-order valence-corrected chi connectivity index (χ4v) is 2.58. The van der Waals surface area contributed by atoms with Crippen molar-refractivity contribution >= 4 is 17.6 Å². The molecule has 1 heterocycles. The summed E-state index contributed by atoms with van der Waals surface area (Å²) in [5, 5.41) is 2.94. The molecule has 0 spiro atoms. The van der Waals surface area contributed by atoms with Crippen molar-refractivity contribution < 1.29 is 23.8 Å². The molecular formula is C20H19NO5. The van der Waals surface area contributed by atoms with Gasteiger partial charge in [-0.3, -0.25) is 0 Å². The summed E-state index contributed by atoms with van der Waals surface area (Å²) in [6.07, 6.45) is 1.29. The number of nitrogens with one attached hydrogen (secondary N) is 1. The summed E-state index contributed by atoms with van der Waals surface area (Å²) in [6, 6.07) is 15.2. The second-order valence-corrected chi connectivity index (χ2v) is 6.16. The van der Waals surface area contributed by atoms with Crippen molar-refractivity contribution in [2.75, 3.05) is 12.4 Å². The first kappa shape index (κ1) is 17.5. The summed E-state index contributed by atoms with van der Waals surface area (Å²) in [7, 11) is 1.60. The summed E-state index contributed by atoms with van der Waals surface area (Å²) < 4.78 is 15.5. The molecule has 2 aromatic carbocycles. The van der Waals surface area contributed by atoms with Gasteiger partial charge in [-0.1, -0.05) is 30.3 Å². The van der Waals surface area contributed by atoms with Crippen molar-refractivity contribution in [3.8, 4) is 16.9 Å². The third kappa shape index (κ3) is 3.69. The molecule has 0 aromatic heterocycles. The monoisotopic (exact) mass is 353 g/mol. The molecule has 0 aliphatic carbocycles. The molecule has 26 heavy (non-hydrogen) atoms. The van der Waals surface area contributed by atoms with E-state index < -0.39 is 17.7 Å². The molecular weight excluding hydrogens is 334 g/mol. The summed E-state index contributed by atoms with van der Waals surface area (Å²) in [5.41, 5.74) is 2.36. The molecule has 6 nitrogen and oxygen atoms in total. The average Bonchev–Trinajstić information content (AvgIpc) is 2.60. The number of benzene rings is 2. The minimum Gasteiger partial charge on any atom is -0.496 e. The van der Waals surface area contributed by atoms with Crippen molar-refractivity contribution in [3.05, 3.63) is 60.3 Å². The smallest absolute Gasteiger partial charge is 0.350 e. The molecule has 2 aromatic rings. The first-order valence-corrected chi connectivity index (χ1v) is 8.06. The summed E-state index contributed by atoms with van der Waals surface area (Å²) >= 11 is 0. The Morgan fingerprint density at radius 3 is 2.27 bits per heavy atom. The zero-order valence-electron chi connectivity index (χ0n) is 14.7. The number of cyclic esters (lactones) is 2. The Morgan fingerprint density at radius 2 is 1.65 bits per heavy atom. The van der Waals surface area contributed by atoms with E-state index in [4.69, 9.17) is 14.2 Å². The Hall–Kier alpha value is -3.28. The maximum absolute atomic E-state index is 12.0. The molecule has 0 bridgehead atoms. The van der Waals surface area contributed by atoms with Crippen LogP contribution < -0.4 is 10.1 Å². The van der Waals surface area contributed by atoms with E-state index in [-0.39, 0.29) is 5.57 Å². The van der Waals surface area contributed by atoms with Gasteiger partial charge in [-0.25, -0.2) is 9.59 Å². The molecule has 0 atom stereocenters. The van der Waals surface area contributed by atoms with Crippen LogP contribution in [0.2, 0.25) is 0 Å². The number of anilines is 1. The molecule has 0 unspecified atom stereocenters. The number of hydrogen-bond acceptors (Lipinski definition) is 6. The standard InChI is InChI=1S/C20H19NO5/c1-20(2)25-18(22)16(19(23)26-20)12-21-14-9-10-17(24-3)15(11-14)13-7-5-4-6-8-13/h4-12,21H,1-3H3. The van der Waals surface area contributed by atoms with E-state index in [9.17, 15) is 9.59 Å². The normalized spacial score (nSPS) is 15.7. The number of rotatable bonds is 4. The summed E-state index contributed by atoms with van der Waals surface area (Å²) in [6.45, 7) is 3.01. The van der Waals surface area contributed by atoms with Crippen LogP contribution in [0.5, 0.6) is 5.75 Å². The van der Waals surface area contributed by atoms with Crippen LogP contribution in [0.15, 0.2) is 60.3 Å². The van der Waals surface area contributed by atoms with Gasteiger partial charge in [0, 0.05) is 31.3 Å². The second kappa shape index (κ2) is 6.92. The van der Waals surface area contributed by atoms with Crippen LogP contribution in [0.25, 0.3) is 11.1 Å². The van der Waals surface area contributed by atoms with E-state index in [0.717, 1.165) is 11.1 Å². The fraction of sp³-hybridized carbons (Fsp3) is 0.200. The molecule has 1 aliphatic rings. The molecule has 1 N–H and O–H groups in total. The van der Waals surface area contributed by atoms with Gasteiger partial charge in [0.25, 0.3) is 5.79 Å². The van der Waals surface area contributed by atoms with E-state index in [1.807, 2.05) is 42.5 Å². The lowest BCUT2D eigenvalue weighted by atomic mass is 10.0. The zero-order chi connectivity index (χ0) is 18.7. The third-order valence-electron chi connectivity index (χ3n) is 3.78. The first-order valence-electron chi connectivity index (χ1n) is 8.06. The molecule has 1 saturated heterocycles. The molecule has 3 rings (SSSR count). The van der Waals surface area contributed by atoms with E-state index in [2.05, 4.69) is 5.32 Å². The predicted molar refractivity (Wildman–Crippen MR) is 96.4 cm³/mol. The Balaban J connectivity index is 1.87. The quantitative estimate of drug-likeness (QED) is 0.515. The minimum atomic E-state index is -1.26. The highest BCUT2D eigenvalue weighted by Crippen LogP contribution is 2.32. The fourth-order valence-electron chi connectivity index (χ4n) is 2.58. The van der Waals surface area contributed by atoms with Crippen molar-refractivity contribution in [1.82, 2.24) is 0 Å². The highest BCUT2D eigenvalue weighted by molar-refractivity contribution is 6.15. The van der Waals surface area contributed by atoms with Gasteiger partial charge in [0.1, 0.15) is 5.75 Å². The van der Waals surface area contributed by atoms with E-state index in [1.54, 1.807) is 13.2 Å². The van der Waals surface area contributed by atoms with Crippen LogP contribution in [-0.4, -0.2) is 24.8 Å². The van der Waals surface area contributed by atoms with Crippen LogP contribution >= 0.6 is 0 Å². The van der Waals surface area contributed by atoms with E-state index in [1.165, 1.54) is 20.0 Å². The SMILES string of the molecule is COc1ccc(NC=C2C(=O)OC(C)(C)OC2=O)cc1-c1ccccc1. The van der Waals surface area contributed by atoms with Crippen molar-refractivity contribution in [1.29, 1.82) is 0 Å². The molecule has 0 saturated carbocycles. The Bertz CT molecular complexity index is 849. The van der Waals surface area contributed by atoms with Crippen molar-refractivity contribution in [2.24, 2.45) is 0 Å². The number of esters is 2. The second-order valence-electron chi connectivity index (χ2n) is 6.16. The lowest BCUT2D eigenvalue weighted by Gasteiger charge is -2.29. The van der Waals surface area contributed by atoms with Gasteiger partial charge in [-0.2, -0.15) is 0 Å². The number of carbonyl (C=O) groups is 2. The number of methoxy groups -OCH3 is 1. The molecule has 0 radical (unpaired) electrons. The van der Waals surface area contributed by atoms with Crippen LogP contribution in [0.4, 0.5) is 5.69 Å². The Labute approximate surface area is 151 Å². The molecule has 6 heteroatoms. The van der Waals surface area contributed by atoms with Gasteiger partial charge in [0.2, 0.25) is 0 Å². The van der Waals surface area contributed by atoms with Gasteiger partial charge in [-0.15, -0.1) is 0 Å². The Morgan fingerprint density at radius 1 is 1.00 bits per heavy atom. The Kier molecular flexibility index (Phi) is 4.67.